The lowest BCUT2D eigenvalue weighted by Gasteiger charge is -2.40. The van der Waals surface area contributed by atoms with E-state index in [0.717, 1.165) is 6.07 Å². The lowest BCUT2D eigenvalue weighted by molar-refractivity contribution is -0.140. The topological polar surface area (TPSA) is 75.2 Å². The largest absolute Gasteiger partial charge is 0.349 e. The Hall–Kier alpha value is -2.97. The molecule has 0 bridgehead atoms. The van der Waals surface area contributed by atoms with E-state index < -0.39 is 47.9 Å². The van der Waals surface area contributed by atoms with Crippen LogP contribution < -0.4 is 10.2 Å². The Balaban J connectivity index is 1.55. The number of benzene rings is 1. The minimum absolute atomic E-state index is 0.0498. The van der Waals surface area contributed by atoms with E-state index in [1.807, 2.05) is 0 Å². The summed E-state index contributed by atoms with van der Waals surface area (Å²) < 4.78 is 42.6. The minimum Gasteiger partial charge on any atom is -0.349 e. The van der Waals surface area contributed by atoms with Crippen molar-refractivity contribution in [2.45, 2.75) is 44.6 Å². The van der Waals surface area contributed by atoms with Gasteiger partial charge in [-0.25, -0.2) is 23.1 Å². The van der Waals surface area contributed by atoms with Crippen LogP contribution in [0.1, 0.15) is 41.9 Å². The number of anilines is 1. The van der Waals surface area contributed by atoms with Crippen molar-refractivity contribution in [1.82, 2.24) is 15.3 Å². The second-order valence-corrected chi connectivity index (χ2v) is 8.07. The SMILES string of the molecule is Cc1nccc(N2CC[C@]3(C[C@H](NC(=O)c4cccc(F)c4)CC(F)(F)C3)C2=O)n1. The highest BCUT2D eigenvalue weighted by molar-refractivity contribution is 5.99. The summed E-state index contributed by atoms with van der Waals surface area (Å²) in [6.45, 7) is 1.96. The molecule has 2 atom stereocenters. The number of aromatic nitrogens is 2. The Morgan fingerprint density at radius 2 is 2.07 bits per heavy atom. The molecule has 1 aromatic heterocycles. The Labute approximate surface area is 171 Å². The van der Waals surface area contributed by atoms with Gasteiger partial charge < -0.3 is 5.32 Å². The summed E-state index contributed by atoms with van der Waals surface area (Å²) in [7, 11) is 0. The van der Waals surface area contributed by atoms with Crippen LogP contribution in [-0.4, -0.2) is 40.3 Å². The van der Waals surface area contributed by atoms with Crippen LogP contribution in [0.15, 0.2) is 36.5 Å². The van der Waals surface area contributed by atoms with Gasteiger partial charge in [0.2, 0.25) is 5.91 Å². The number of hydrogen-bond acceptors (Lipinski definition) is 4. The zero-order valence-electron chi connectivity index (χ0n) is 16.4. The number of nitrogens with zero attached hydrogens (tertiary/aromatic N) is 3. The van der Waals surface area contributed by atoms with Crippen molar-refractivity contribution < 1.29 is 22.8 Å². The van der Waals surface area contributed by atoms with Crippen molar-refractivity contribution in [3.63, 3.8) is 0 Å². The normalized spacial score (nSPS) is 25.5. The number of carbonyl (C=O) groups is 2. The standard InChI is InChI=1S/C21H21F3N4O2/c1-13-25-7-5-17(26-13)28-8-6-20(19(28)30)10-16(11-21(23,24)12-20)27-18(29)14-3-2-4-15(22)9-14/h2-5,7,9,16H,6,8,10-12H2,1H3,(H,27,29)/t16-,20+/m0/s1. The van der Waals surface area contributed by atoms with Gasteiger partial charge in [0.15, 0.2) is 0 Å². The maximum absolute atomic E-state index is 14.6. The number of alkyl halides is 2. The smallest absolute Gasteiger partial charge is 0.251 e. The van der Waals surface area contributed by atoms with Crippen LogP contribution in [0.2, 0.25) is 0 Å². The average molecular weight is 418 g/mol. The molecule has 2 aromatic rings. The summed E-state index contributed by atoms with van der Waals surface area (Å²) in [5, 5.41) is 2.57. The van der Waals surface area contributed by atoms with Gasteiger partial charge in [-0.3, -0.25) is 14.5 Å². The molecule has 1 saturated heterocycles. The molecule has 1 saturated carbocycles. The summed E-state index contributed by atoms with van der Waals surface area (Å²) in [4.78, 5) is 35.3. The summed E-state index contributed by atoms with van der Waals surface area (Å²) in [6.07, 6.45) is 0.745. The molecule has 9 heteroatoms. The van der Waals surface area contributed by atoms with E-state index in [4.69, 9.17) is 0 Å². The van der Waals surface area contributed by atoms with Crippen LogP contribution in [-0.2, 0) is 4.79 Å². The van der Waals surface area contributed by atoms with E-state index in [0.29, 0.717) is 11.6 Å². The van der Waals surface area contributed by atoms with E-state index in [2.05, 4.69) is 15.3 Å². The zero-order valence-corrected chi connectivity index (χ0v) is 16.4. The van der Waals surface area contributed by atoms with Gasteiger partial charge in [-0.2, -0.15) is 0 Å². The molecular weight excluding hydrogens is 397 g/mol. The van der Waals surface area contributed by atoms with Crippen molar-refractivity contribution >= 4 is 17.6 Å². The number of halogens is 3. The molecule has 4 rings (SSSR count). The second-order valence-electron chi connectivity index (χ2n) is 8.07. The second kappa shape index (κ2) is 7.37. The number of amides is 2. The van der Waals surface area contributed by atoms with Crippen LogP contribution in [0.4, 0.5) is 19.0 Å². The number of hydrogen-bond donors (Lipinski definition) is 1. The Morgan fingerprint density at radius 1 is 1.27 bits per heavy atom. The molecule has 2 heterocycles. The van der Waals surface area contributed by atoms with Crippen LogP contribution >= 0.6 is 0 Å². The van der Waals surface area contributed by atoms with E-state index in [-0.39, 0.29) is 24.9 Å². The predicted octanol–water partition coefficient (Wildman–Crippen LogP) is 3.27. The first-order chi connectivity index (χ1) is 14.2. The van der Waals surface area contributed by atoms with Crippen LogP contribution in [0, 0.1) is 18.2 Å². The number of rotatable bonds is 3. The van der Waals surface area contributed by atoms with Gasteiger partial charge in [-0.05, 0) is 44.0 Å². The van der Waals surface area contributed by atoms with Crippen LogP contribution in [0.3, 0.4) is 0 Å². The molecule has 30 heavy (non-hydrogen) atoms. The van der Waals surface area contributed by atoms with Gasteiger partial charge in [0.1, 0.15) is 17.5 Å². The van der Waals surface area contributed by atoms with Crippen LogP contribution in [0.25, 0.3) is 0 Å². The lowest BCUT2D eigenvalue weighted by atomic mass is 9.69. The third-order valence-corrected chi connectivity index (χ3v) is 5.75. The summed E-state index contributed by atoms with van der Waals surface area (Å²) in [5.41, 5.74) is -1.23. The van der Waals surface area contributed by atoms with Crippen molar-refractivity contribution in [3.05, 3.63) is 53.7 Å². The highest BCUT2D eigenvalue weighted by Gasteiger charge is 2.57. The molecule has 1 N–H and O–H groups in total. The van der Waals surface area contributed by atoms with Gasteiger partial charge in [-0.15, -0.1) is 0 Å². The molecule has 1 spiro atoms. The number of carbonyl (C=O) groups excluding carboxylic acids is 2. The third kappa shape index (κ3) is 3.88. The Morgan fingerprint density at radius 3 is 2.80 bits per heavy atom. The van der Waals surface area contributed by atoms with Crippen molar-refractivity contribution in [2.75, 3.05) is 11.4 Å². The van der Waals surface area contributed by atoms with E-state index in [1.54, 1.807) is 13.0 Å². The van der Waals surface area contributed by atoms with E-state index in [9.17, 15) is 22.8 Å². The molecular formula is C21H21F3N4O2. The fraction of sp³-hybridized carbons (Fsp3) is 0.429. The number of nitrogens with one attached hydrogen (secondary N) is 1. The summed E-state index contributed by atoms with van der Waals surface area (Å²) in [6, 6.07) is 5.71. The summed E-state index contributed by atoms with van der Waals surface area (Å²) >= 11 is 0. The van der Waals surface area contributed by atoms with Crippen molar-refractivity contribution in [1.29, 1.82) is 0 Å². The van der Waals surface area contributed by atoms with Crippen LogP contribution in [0.5, 0.6) is 0 Å². The maximum atomic E-state index is 14.6. The van der Waals surface area contributed by atoms with E-state index in [1.165, 1.54) is 29.3 Å². The minimum atomic E-state index is -3.11. The molecule has 6 nitrogen and oxygen atoms in total. The Bertz CT molecular complexity index is 1000. The fourth-order valence-corrected chi connectivity index (χ4v) is 4.53. The van der Waals surface area contributed by atoms with Crippen molar-refractivity contribution in [2.24, 2.45) is 5.41 Å². The van der Waals surface area contributed by atoms with Gasteiger partial charge >= 0.3 is 0 Å². The van der Waals surface area contributed by atoms with Gasteiger partial charge in [0.05, 0.1) is 5.41 Å². The monoisotopic (exact) mass is 418 g/mol. The molecule has 158 valence electrons. The predicted molar refractivity (Wildman–Crippen MR) is 103 cm³/mol. The fourth-order valence-electron chi connectivity index (χ4n) is 4.53. The maximum Gasteiger partial charge on any atom is 0.251 e. The molecule has 2 amide bonds. The first-order valence-corrected chi connectivity index (χ1v) is 9.73. The zero-order chi connectivity index (χ0) is 21.5. The quantitative estimate of drug-likeness (QED) is 0.830. The highest BCUT2D eigenvalue weighted by atomic mass is 19.3. The summed E-state index contributed by atoms with van der Waals surface area (Å²) in [5.74, 6) is -3.87. The Kier molecular flexibility index (Phi) is 4.99. The molecule has 0 radical (unpaired) electrons. The van der Waals surface area contributed by atoms with Gasteiger partial charge in [-0.1, -0.05) is 6.07 Å². The van der Waals surface area contributed by atoms with Gasteiger partial charge in [0.25, 0.3) is 11.8 Å². The first-order valence-electron chi connectivity index (χ1n) is 9.73. The first kappa shape index (κ1) is 20.3. The number of aryl methyl sites for hydroxylation is 1. The lowest BCUT2D eigenvalue weighted by Crippen LogP contribution is -2.52. The van der Waals surface area contributed by atoms with E-state index >= 15 is 0 Å². The molecule has 1 aromatic carbocycles. The van der Waals surface area contributed by atoms with Crippen molar-refractivity contribution in [3.8, 4) is 0 Å². The molecule has 2 aliphatic rings. The molecule has 1 aliphatic heterocycles. The average Bonchev–Trinajstić information content (AvgIpc) is 2.95. The highest BCUT2D eigenvalue weighted by Crippen LogP contribution is 2.51. The molecule has 0 unspecified atom stereocenters. The molecule has 2 fully saturated rings. The van der Waals surface area contributed by atoms with Gasteiger partial charge in [0, 0.05) is 37.2 Å². The molecule has 1 aliphatic carbocycles. The third-order valence-electron chi connectivity index (χ3n) is 5.75.